The molecule has 2 N–H and O–H groups in total. The highest BCUT2D eigenvalue weighted by molar-refractivity contribution is 5.99. The number of carbonyl (C=O) groups excluding carboxylic acids is 1. The molecular formula is C26H28F2N4O2. The molecule has 0 unspecified atom stereocenters. The van der Waals surface area contributed by atoms with Crippen LogP contribution in [0.25, 0.3) is 11.3 Å². The molecule has 178 valence electrons. The van der Waals surface area contributed by atoms with Crippen LogP contribution < -0.4 is 5.73 Å². The van der Waals surface area contributed by atoms with Crippen LogP contribution in [0, 0.1) is 17.6 Å². The summed E-state index contributed by atoms with van der Waals surface area (Å²) in [6, 6.07) is 8.82. The van der Waals surface area contributed by atoms with Crippen molar-refractivity contribution < 1.29 is 18.3 Å². The van der Waals surface area contributed by atoms with E-state index in [0.29, 0.717) is 30.2 Å². The number of nitrogens with two attached hydrogens (primary N) is 1. The molecule has 34 heavy (non-hydrogen) atoms. The Morgan fingerprint density at radius 1 is 1.18 bits per heavy atom. The Morgan fingerprint density at radius 2 is 1.94 bits per heavy atom. The maximum Gasteiger partial charge on any atom is 0.254 e. The molecule has 1 atom stereocenters. The van der Waals surface area contributed by atoms with Crippen LogP contribution in [0.1, 0.15) is 39.9 Å². The van der Waals surface area contributed by atoms with Gasteiger partial charge < -0.3 is 15.4 Å². The highest BCUT2D eigenvalue weighted by Crippen LogP contribution is 2.33. The summed E-state index contributed by atoms with van der Waals surface area (Å²) in [5.74, 6) is -0.706. The zero-order valence-electron chi connectivity index (χ0n) is 19.1. The van der Waals surface area contributed by atoms with Gasteiger partial charge in [-0.1, -0.05) is 6.07 Å². The van der Waals surface area contributed by atoms with E-state index in [1.54, 1.807) is 4.90 Å². The minimum Gasteiger partial charge on any atom is -0.376 e. The third-order valence-corrected chi connectivity index (χ3v) is 6.64. The Kier molecular flexibility index (Phi) is 6.18. The van der Waals surface area contributed by atoms with Crippen LogP contribution >= 0.6 is 0 Å². The molecule has 0 bridgehead atoms. The van der Waals surface area contributed by atoms with E-state index in [2.05, 4.69) is 5.10 Å². The average Bonchev–Trinajstić information content (AvgIpc) is 3.47. The van der Waals surface area contributed by atoms with Crippen molar-refractivity contribution in [2.75, 3.05) is 13.2 Å². The number of aromatic nitrogens is 2. The Morgan fingerprint density at radius 3 is 2.65 bits per heavy atom. The largest absolute Gasteiger partial charge is 0.376 e. The molecule has 1 aliphatic heterocycles. The van der Waals surface area contributed by atoms with Gasteiger partial charge in [-0.3, -0.25) is 9.48 Å². The highest BCUT2D eigenvalue weighted by Gasteiger charge is 2.33. The van der Waals surface area contributed by atoms with Gasteiger partial charge in [0, 0.05) is 55.5 Å². The maximum absolute atomic E-state index is 13.6. The third-order valence-electron chi connectivity index (χ3n) is 6.64. The number of nitrogens with zero attached hydrogens (tertiary/aromatic N) is 3. The lowest BCUT2D eigenvalue weighted by Crippen LogP contribution is -2.42. The van der Waals surface area contributed by atoms with E-state index in [0.717, 1.165) is 35.1 Å². The molecule has 1 aliphatic carbocycles. The second kappa shape index (κ2) is 9.27. The van der Waals surface area contributed by atoms with Crippen LogP contribution in [0.15, 0.2) is 42.6 Å². The van der Waals surface area contributed by atoms with Crippen molar-refractivity contribution in [3.8, 4) is 11.3 Å². The minimum atomic E-state index is -0.639. The Bertz CT molecular complexity index is 1200. The molecule has 6 nitrogen and oxygen atoms in total. The third kappa shape index (κ3) is 4.60. The SMILES string of the molecule is Cn1ncc(COCC2CC2)c1-c1ccc2c(c1)CN([C@H](CN)Cc1cc(F)cc(F)c1)C2=O. The Labute approximate surface area is 197 Å². The minimum absolute atomic E-state index is 0.119. The number of halogens is 2. The lowest BCUT2D eigenvalue weighted by molar-refractivity contribution is 0.0708. The number of aryl methyl sites for hydroxylation is 1. The summed E-state index contributed by atoms with van der Waals surface area (Å²) >= 11 is 0. The molecule has 1 aromatic heterocycles. The summed E-state index contributed by atoms with van der Waals surface area (Å²) in [5.41, 5.74) is 10.9. The molecule has 1 saturated carbocycles. The maximum atomic E-state index is 13.6. The summed E-state index contributed by atoms with van der Waals surface area (Å²) in [6.45, 7) is 1.86. The first kappa shape index (κ1) is 22.7. The normalized spacial score (nSPS) is 16.2. The van der Waals surface area contributed by atoms with Gasteiger partial charge in [0.15, 0.2) is 0 Å². The average molecular weight is 467 g/mol. The molecule has 3 aromatic rings. The summed E-state index contributed by atoms with van der Waals surface area (Å²) in [5, 5.41) is 4.41. The molecular weight excluding hydrogens is 438 g/mol. The molecule has 2 aromatic carbocycles. The second-order valence-corrected chi connectivity index (χ2v) is 9.28. The van der Waals surface area contributed by atoms with Crippen LogP contribution in [-0.4, -0.2) is 39.8 Å². The van der Waals surface area contributed by atoms with Gasteiger partial charge in [0.05, 0.1) is 18.5 Å². The molecule has 0 spiro atoms. The van der Waals surface area contributed by atoms with E-state index in [4.69, 9.17) is 10.5 Å². The zero-order chi connectivity index (χ0) is 23.8. The smallest absolute Gasteiger partial charge is 0.254 e. The summed E-state index contributed by atoms with van der Waals surface area (Å²) < 4.78 is 35.0. The van der Waals surface area contributed by atoms with Gasteiger partial charge in [0.25, 0.3) is 5.91 Å². The number of ether oxygens (including phenoxy) is 1. The van der Waals surface area contributed by atoms with Crippen molar-refractivity contribution in [3.63, 3.8) is 0 Å². The molecule has 8 heteroatoms. The lowest BCUT2D eigenvalue weighted by Gasteiger charge is -2.26. The number of benzene rings is 2. The molecule has 1 amide bonds. The van der Waals surface area contributed by atoms with E-state index in [1.165, 1.54) is 25.0 Å². The predicted octanol–water partition coefficient (Wildman–Crippen LogP) is 3.82. The van der Waals surface area contributed by atoms with Gasteiger partial charge in [-0.15, -0.1) is 0 Å². The number of rotatable bonds is 9. The summed E-state index contributed by atoms with van der Waals surface area (Å²) in [6.07, 6.45) is 4.60. The van der Waals surface area contributed by atoms with Crippen LogP contribution in [0.5, 0.6) is 0 Å². The number of hydrogen-bond donors (Lipinski definition) is 1. The topological polar surface area (TPSA) is 73.4 Å². The van der Waals surface area contributed by atoms with Crippen molar-refractivity contribution in [3.05, 3.63) is 76.5 Å². The van der Waals surface area contributed by atoms with Crippen molar-refractivity contribution in [2.45, 2.75) is 38.5 Å². The fraction of sp³-hybridized carbons (Fsp3) is 0.385. The van der Waals surface area contributed by atoms with Gasteiger partial charge in [0.2, 0.25) is 0 Å². The number of hydrogen-bond acceptors (Lipinski definition) is 4. The van der Waals surface area contributed by atoms with Crippen molar-refractivity contribution >= 4 is 5.91 Å². The fourth-order valence-corrected chi connectivity index (χ4v) is 4.69. The van der Waals surface area contributed by atoms with Gasteiger partial charge >= 0.3 is 0 Å². The number of carbonyl (C=O) groups is 1. The van der Waals surface area contributed by atoms with Crippen LogP contribution in [0.3, 0.4) is 0 Å². The quantitative estimate of drug-likeness (QED) is 0.520. The van der Waals surface area contributed by atoms with Crippen LogP contribution in [-0.2, 0) is 31.4 Å². The standard InChI is InChI=1S/C26H28F2N4O2/c1-31-25(20(12-30-31)15-34-14-16-2-3-16)18-4-5-24-19(9-18)13-32(26(24)33)23(11-29)8-17-6-21(27)10-22(28)7-17/h4-7,9-10,12,16,23H,2-3,8,11,13-15,29H2,1H3/t23-/m0/s1. The number of amides is 1. The molecule has 5 rings (SSSR count). The van der Waals surface area contributed by atoms with E-state index >= 15 is 0 Å². The molecule has 2 heterocycles. The highest BCUT2D eigenvalue weighted by atomic mass is 19.1. The van der Waals surface area contributed by atoms with E-state index in [1.807, 2.05) is 36.1 Å². The Hall–Kier alpha value is -3.10. The fourth-order valence-electron chi connectivity index (χ4n) is 4.69. The zero-order valence-corrected chi connectivity index (χ0v) is 19.1. The van der Waals surface area contributed by atoms with Gasteiger partial charge in [-0.2, -0.15) is 5.10 Å². The van der Waals surface area contributed by atoms with E-state index in [9.17, 15) is 13.6 Å². The first-order chi connectivity index (χ1) is 16.4. The lowest BCUT2D eigenvalue weighted by atomic mass is 10.0. The van der Waals surface area contributed by atoms with Crippen molar-refractivity contribution in [2.24, 2.45) is 18.7 Å². The summed E-state index contributed by atoms with van der Waals surface area (Å²) in [7, 11) is 1.90. The molecule has 0 radical (unpaired) electrons. The first-order valence-corrected chi connectivity index (χ1v) is 11.6. The number of fused-ring (bicyclic) bond motifs is 1. The second-order valence-electron chi connectivity index (χ2n) is 9.28. The van der Waals surface area contributed by atoms with E-state index in [-0.39, 0.29) is 24.9 Å². The first-order valence-electron chi connectivity index (χ1n) is 11.6. The van der Waals surface area contributed by atoms with Gasteiger partial charge in [-0.25, -0.2) is 8.78 Å². The van der Waals surface area contributed by atoms with Crippen molar-refractivity contribution in [1.29, 1.82) is 0 Å². The van der Waals surface area contributed by atoms with Crippen molar-refractivity contribution in [1.82, 2.24) is 14.7 Å². The van der Waals surface area contributed by atoms with E-state index < -0.39 is 11.6 Å². The van der Waals surface area contributed by atoms with Gasteiger partial charge in [0.1, 0.15) is 11.6 Å². The molecule has 2 aliphatic rings. The predicted molar refractivity (Wildman–Crippen MR) is 124 cm³/mol. The van der Waals surface area contributed by atoms with Crippen LogP contribution in [0.2, 0.25) is 0 Å². The molecule has 1 fully saturated rings. The molecule has 0 saturated heterocycles. The Balaban J connectivity index is 1.35. The monoisotopic (exact) mass is 466 g/mol. The van der Waals surface area contributed by atoms with Gasteiger partial charge in [-0.05, 0) is 60.6 Å². The summed E-state index contributed by atoms with van der Waals surface area (Å²) in [4.78, 5) is 14.8. The van der Waals surface area contributed by atoms with Crippen LogP contribution in [0.4, 0.5) is 8.78 Å².